The highest BCUT2D eigenvalue weighted by atomic mass is 35.5. The van der Waals surface area contributed by atoms with E-state index in [1.54, 1.807) is 25.1 Å². The third-order valence-electron chi connectivity index (χ3n) is 4.75. The summed E-state index contributed by atoms with van der Waals surface area (Å²) >= 11 is 7.84. The largest absolute Gasteiger partial charge is 0.305 e. The maximum Gasteiger partial charge on any atom is 0.272 e. The van der Waals surface area contributed by atoms with Crippen molar-refractivity contribution in [1.29, 1.82) is 0 Å². The van der Waals surface area contributed by atoms with E-state index in [-0.39, 0.29) is 22.1 Å². The Morgan fingerprint density at radius 2 is 1.93 bits per heavy atom. The number of fused-ring (bicyclic) bond motifs is 1. The quantitative estimate of drug-likeness (QED) is 0.317. The van der Waals surface area contributed by atoms with E-state index in [2.05, 4.69) is 9.97 Å². The minimum absolute atomic E-state index is 0.00602. The molecule has 4 aromatic rings. The smallest absolute Gasteiger partial charge is 0.272 e. The predicted molar refractivity (Wildman–Crippen MR) is 122 cm³/mol. The summed E-state index contributed by atoms with van der Waals surface area (Å²) < 4.78 is 0. The van der Waals surface area contributed by atoms with Crippen LogP contribution in [0.5, 0.6) is 0 Å². The van der Waals surface area contributed by atoms with Gasteiger partial charge in [0.25, 0.3) is 11.2 Å². The normalized spacial score (nSPS) is 11.8. The van der Waals surface area contributed by atoms with Gasteiger partial charge in [0.2, 0.25) is 0 Å². The molecule has 2 aromatic carbocycles. The number of hydrogen-bond donors (Lipinski definition) is 1. The van der Waals surface area contributed by atoms with Gasteiger partial charge < -0.3 is 4.98 Å². The Bertz CT molecular complexity index is 1370. The van der Waals surface area contributed by atoms with Gasteiger partial charge in [-0.3, -0.25) is 14.9 Å². The molecule has 0 spiro atoms. The van der Waals surface area contributed by atoms with Crippen LogP contribution in [0.4, 0.5) is 5.69 Å². The molecule has 0 aliphatic rings. The Morgan fingerprint density at radius 1 is 1.20 bits per heavy atom. The van der Waals surface area contributed by atoms with Gasteiger partial charge in [-0.2, -0.15) is 0 Å². The molecule has 2 aromatic heterocycles. The molecule has 150 valence electrons. The number of aryl methyl sites for hydroxylation is 2. The molecule has 0 aliphatic carbocycles. The van der Waals surface area contributed by atoms with Gasteiger partial charge in [-0.25, -0.2) is 4.98 Å². The Labute approximate surface area is 180 Å². The van der Waals surface area contributed by atoms with Gasteiger partial charge in [0.05, 0.1) is 15.3 Å². The molecule has 1 N–H and O–H groups in total. The van der Waals surface area contributed by atoms with E-state index < -0.39 is 4.92 Å². The number of nitro benzene ring substituents is 1. The second-order valence-electron chi connectivity index (χ2n) is 6.79. The number of nitrogens with zero attached hydrogens (tertiary/aromatic N) is 2. The minimum Gasteiger partial charge on any atom is -0.305 e. The molecule has 30 heavy (non-hydrogen) atoms. The van der Waals surface area contributed by atoms with Gasteiger partial charge in [-0.15, -0.1) is 11.3 Å². The molecule has 4 rings (SSSR count). The predicted octanol–water partition coefficient (Wildman–Crippen LogP) is 5.91. The number of halogens is 1. The van der Waals surface area contributed by atoms with Crippen LogP contribution in [-0.4, -0.2) is 14.9 Å². The summed E-state index contributed by atoms with van der Waals surface area (Å²) in [4.78, 5) is 32.5. The second kappa shape index (κ2) is 7.85. The molecule has 0 bridgehead atoms. The molecule has 0 aliphatic heterocycles. The monoisotopic (exact) mass is 437 g/mol. The highest BCUT2D eigenvalue weighted by Gasteiger charge is 2.17. The molecule has 0 saturated heterocycles. The summed E-state index contributed by atoms with van der Waals surface area (Å²) in [7, 11) is 0. The van der Waals surface area contributed by atoms with Crippen molar-refractivity contribution in [3.63, 3.8) is 0 Å². The fourth-order valence-corrected chi connectivity index (χ4v) is 4.57. The number of hydrogen-bond acceptors (Lipinski definition) is 5. The summed E-state index contributed by atoms with van der Waals surface area (Å²) in [6.45, 7) is 3.63. The van der Waals surface area contributed by atoms with Gasteiger partial charge in [-0.05, 0) is 31.1 Å². The number of thiophene rings is 1. The number of nitrogens with one attached hydrogen (secondary N) is 1. The van der Waals surface area contributed by atoms with Crippen LogP contribution in [-0.2, 0) is 0 Å². The summed E-state index contributed by atoms with van der Waals surface area (Å²) in [5.74, 6) is 0.221. The zero-order valence-corrected chi connectivity index (χ0v) is 17.7. The fourth-order valence-electron chi connectivity index (χ4n) is 3.31. The first-order valence-corrected chi connectivity index (χ1v) is 10.3. The Balaban J connectivity index is 1.81. The van der Waals surface area contributed by atoms with Crippen molar-refractivity contribution >= 4 is 50.0 Å². The molecule has 0 amide bonds. The van der Waals surface area contributed by atoms with E-state index in [0.717, 1.165) is 16.0 Å². The minimum atomic E-state index is -0.438. The summed E-state index contributed by atoms with van der Waals surface area (Å²) in [5.41, 5.74) is 2.65. The topological polar surface area (TPSA) is 88.9 Å². The molecular weight excluding hydrogens is 422 g/mol. The lowest BCUT2D eigenvalue weighted by atomic mass is 10.0. The number of H-pyrrole nitrogens is 1. The zero-order chi connectivity index (χ0) is 21.4. The lowest BCUT2D eigenvalue weighted by Gasteiger charge is -2.03. The Hall–Kier alpha value is -3.29. The van der Waals surface area contributed by atoms with Crippen LogP contribution in [0.1, 0.15) is 21.8 Å². The van der Waals surface area contributed by atoms with Gasteiger partial charge in [-0.1, -0.05) is 54.1 Å². The molecule has 0 radical (unpaired) electrons. The lowest BCUT2D eigenvalue weighted by Crippen LogP contribution is -2.10. The zero-order valence-electron chi connectivity index (χ0n) is 16.1. The van der Waals surface area contributed by atoms with Crippen molar-refractivity contribution in [1.82, 2.24) is 9.97 Å². The summed E-state index contributed by atoms with van der Waals surface area (Å²) in [6.07, 6.45) is 1.55. The van der Waals surface area contributed by atoms with Gasteiger partial charge >= 0.3 is 0 Å². The fraction of sp³-hybridized carbons (Fsp3) is 0.0909. The molecule has 6 nitrogen and oxygen atoms in total. The van der Waals surface area contributed by atoms with E-state index in [0.29, 0.717) is 21.3 Å². The van der Waals surface area contributed by atoms with Gasteiger partial charge in [0.1, 0.15) is 4.83 Å². The molecule has 0 unspecified atom stereocenters. The lowest BCUT2D eigenvalue weighted by molar-refractivity contribution is -0.385. The average Bonchev–Trinajstić information content (AvgIpc) is 3.06. The number of aromatic nitrogens is 2. The number of benzene rings is 2. The maximum absolute atomic E-state index is 12.9. The van der Waals surface area contributed by atoms with Crippen molar-refractivity contribution in [2.45, 2.75) is 13.8 Å². The molecule has 0 atom stereocenters. The average molecular weight is 438 g/mol. The van der Waals surface area contributed by atoms with E-state index >= 15 is 0 Å². The third kappa shape index (κ3) is 3.65. The second-order valence-corrected chi connectivity index (χ2v) is 8.40. The van der Waals surface area contributed by atoms with Crippen molar-refractivity contribution in [2.24, 2.45) is 0 Å². The van der Waals surface area contributed by atoms with Crippen LogP contribution >= 0.6 is 22.9 Å². The van der Waals surface area contributed by atoms with Crippen molar-refractivity contribution in [3.05, 3.63) is 90.8 Å². The molecule has 0 saturated carbocycles. The Kier molecular flexibility index (Phi) is 5.24. The van der Waals surface area contributed by atoms with Crippen LogP contribution in [0.25, 0.3) is 32.5 Å². The van der Waals surface area contributed by atoms with Crippen molar-refractivity contribution in [3.8, 4) is 11.1 Å². The van der Waals surface area contributed by atoms with Crippen LogP contribution in [0.15, 0.2) is 53.3 Å². The van der Waals surface area contributed by atoms with Crippen LogP contribution < -0.4 is 5.56 Å². The van der Waals surface area contributed by atoms with E-state index in [9.17, 15) is 14.9 Å². The van der Waals surface area contributed by atoms with E-state index in [1.165, 1.54) is 17.4 Å². The van der Waals surface area contributed by atoms with Crippen LogP contribution in [0.2, 0.25) is 0 Å². The third-order valence-corrected chi connectivity index (χ3v) is 6.04. The van der Waals surface area contributed by atoms with E-state index in [1.807, 2.05) is 37.3 Å². The maximum atomic E-state index is 12.9. The number of nitro groups is 1. The summed E-state index contributed by atoms with van der Waals surface area (Å²) in [5, 5.41) is 11.9. The highest BCUT2D eigenvalue weighted by Crippen LogP contribution is 2.36. The first-order chi connectivity index (χ1) is 14.3. The summed E-state index contributed by atoms with van der Waals surface area (Å²) in [6, 6.07) is 14.5. The molecule has 2 heterocycles. The van der Waals surface area contributed by atoms with Gasteiger partial charge in [0.15, 0.2) is 5.82 Å². The van der Waals surface area contributed by atoms with E-state index in [4.69, 9.17) is 11.6 Å². The molecule has 8 heteroatoms. The van der Waals surface area contributed by atoms with Crippen molar-refractivity contribution in [2.75, 3.05) is 0 Å². The number of aromatic amines is 1. The van der Waals surface area contributed by atoms with Crippen LogP contribution in [0.3, 0.4) is 0 Å². The highest BCUT2D eigenvalue weighted by molar-refractivity contribution is 7.19. The molecular formula is C22H16ClN3O3S. The molecule has 0 fully saturated rings. The number of rotatable bonds is 4. The van der Waals surface area contributed by atoms with Crippen LogP contribution in [0, 0.1) is 24.0 Å². The van der Waals surface area contributed by atoms with Crippen molar-refractivity contribution < 1.29 is 4.92 Å². The van der Waals surface area contributed by atoms with Gasteiger partial charge in [0, 0.05) is 22.1 Å². The Morgan fingerprint density at radius 3 is 2.63 bits per heavy atom. The SMILES string of the molecule is Cc1ccc(/C=C(\Cl)c2nc3sc(C)c(-c4ccccc4)c3c(=O)[nH]2)cc1[N+](=O)[O-]. The first-order valence-electron chi connectivity index (χ1n) is 9.06. The standard InChI is InChI=1S/C22H16ClN3O3S/c1-12-8-9-14(11-17(12)26(28)29)10-16(23)20-24-21(27)19-18(13(2)30-22(19)25-20)15-6-4-3-5-7-15/h3-11H,1-2H3,(H,24,25,27)/b16-10-. The first kappa shape index (κ1) is 20.0.